The molecule has 3 aliphatic heterocycles. The maximum Gasteiger partial charge on any atom is 0.261 e. The van der Waals surface area contributed by atoms with Crippen LogP contribution in [0.4, 0.5) is 10.2 Å². The van der Waals surface area contributed by atoms with E-state index < -0.39 is 5.82 Å². The number of benzene rings is 1. The number of fused-ring (bicyclic) bond motifs is 2. The summed E-state index contributed by atoms with van der Waals surface area (Å²) >= 11 is 6.80. The van der Waals surface area contributed by atoms with Crippen LogP contribution in [0.15, 0.2) is 24.3 Å². The summed E-state index contributed by atoms with van der Waals surface area (Å²) in [6.07, 6.45) is 0. The summed E-state index contributed by atoms with van der Waals surface area (Å²) in [6, 6.07) is 6.70. The van der Waals surface area contributed by atoms with Crippen molar-refractivity contribution < 1.29 is 13.9 Å². The van der Waals surface area contributed by atoms with Gasteiger partial charge in [0.2, 0.25) is 0 Å². The summed E-state index contributed by atoms with van der Waals surface area (Å²) in [5.74, 6) is 0.277. The Hall–Kier alpha value is -2.42. The number of anilines is 1. The Labute approximate surface area is 198 Å². The average molecular weight is 474 g/mol. The van der Waals surface area contributed by atoms with Crippen molar-refractivity contribution >= 4 is 23.3 Å². The Morgan fingerprint density at radius 1 is 1.18 bits per heavy atom. The van der Waals surface area contributed by atoms with Crippen LogP contribution in [0.25, 0.3) is 11.3 Å². The van der Waals surface area contributed by atoms with Crippen molar-refractivity contribution in [1.82, 2.24) is 20.1 Å². The molecule has 2 saturated heterocycles. The van der Waals surface area contributed by atoms with Gasteiger partial charge in [-0.15, -0.1) is 0 Å². The van der Waals surface area contributed by atoms with Gasteiger partial charge in [0.05, 0.1) is 11.7 Å². The standard InChI is InChI=1S/C24H29ClFN5O2/c1-14-12-31(15(2)11-29(14)3)23-19-22(33-13-16-10-27-8-9-30(16)24(19)32)20(25)21(28-23)17-6-4-5-7-18(17)26/h4-7,14-16,27H,8-13H2,1-3H3/t14-,15+,16-/m1/s1. The molecule has 0 spiro atoms. The molecule has 0 bridgehead atoms. The van der Waals surface area contributed by atoms with Crippen LogP contribution in [-0.2, 0) is 0 Å². The van der Waals surface area contributed by atoms with Crippen molar-refractivity contribution in [3.05, 3.63) is 40.7 Å². The normalized spacial score (nSPS) is 25.8. The first-order valence-corrected chi connectivity index (χ1v) is 11.8. The molecule has 4 heterocycles. The third kappa shape index (κ3) is 3.84. The van der Waals surface area contributed by atoms with Crippen molar-refractivity contribution in [1.29, 1.82) is 0 Å². The maximum atomic E-state index is 14.8. The Morgan fingerprint density at radius 3 is 2.76 bits per heavy atom. The lowest BCUT2D eigenvalue weighted by molar-refractivity contribution is 0.0606. The van der Waals surface area contributed by atoms with Crippen molar-refractivity contribution in [2.75, 3.05) is 51.3 Å². The number of aromatic nitrogens is 1. The second-order valence-electron chi connectivity index (χ2n) is 9.24. The third-order valence-corrected chi connectivity index (χ3v) is 7.37. The van der Waals surface area contributed by atoms with Gasteiger partial charge >= 0.3 is 0 Å². The molecule has 1 N–H and O–H groups in total. The number of pyridine rings is 1. The fourth-order valence-corrected chi connectivity index (χ4v) is 5.29. The van der Waals surface area contributed by atoms with Crippen molar-refractivity contribution in [3.8, 4) is 17.0 Å². The zero-order valence-corrected chi connectivity index (χ0v) is 19.9. The van der Waals surface area contributed by atoms with Crippen molar-refractivity contribution in [2.24, 2.45) is 0 Å². The highest BCUT2D eigenvalue weighted by Gasteiger charge is 2.40. The van der Waals surface area contributed by atoms with Gasteiger partial charge in [-0.05, 0) is 33.0 Å². The molecule has 1 aromatic carbocycles. The summed E-state index contributed by atoms with van der Waals surface area (Å²) in [4.78, 5) is 25.0. The van der Waals surface area contributed by atoms with Crippen LogP contribution in [-0.4, -0.2) is 85.2 Å². The second kappa shape index (κ2) is 8.74. The molecule has 3 atom stereocenters. The molecule has 176 valence electrons. The summed E-state index contributed by atoms with van der Waals surface area (Å²) in [5.41, 5.74) is 0.974. The first kappa shape index (κ1) is 22.4. The lowest BCUT2D eigenvalue weighted by Crippen LogP contribution is -2.56. The zero-order valence-electron chi connectivity index (χ0n) is 19.1. The third-order valence-electron chi connectivity index (χ3n) is 7.02. The molecule has 0 radical (unpaired) electrons. The molecular formula is C24H29ClFN5O2. The number of amides is 1. The number of likely N-dealkylation sites (N-methyl/N-ethyl adjacent to an activating group) is 1. The van der Waals surface area contributed by atoms with Gasteiger partial charge in [0, 0.05) is 50.4 Å². The van der Waals surface area contributed by atoms with E-state index in [2.05, 4.69) is 36.0 Å². The average Bonchev–Trinajstić information content (AvgIpc) is 2.95. The molecule has 7 nitrogen and oxygen atoms in total. The van der Waals surface area contributed by atoms with E-state index >= 15 is 0 Å². The molecule has 5 rings (SSSR count). The molecular weight excluding hydrogens is 445 g/mol. The number of halogens is 2. The van der Waals surface area contributed by atoms with Crippen molar-refractivity contribution in [3.63, 3.8) is 0 Å². The number of ether oxygens (including phenoxy) is 1. The smallest absolute Gasteiger partial charge is 0.261 e. The lowest BCUT2D eigenvalue weighted by Gasteiger charge is -2.44. The van der Waals surface area contributed by atoms with Crippen LogP contribution in [0.5, 0.6) is 5.75 Å². The molecule has 1 aromatic heterocycles. The zero-order chi connectivity index (χ0) is 23.3. The molecule has 9 heteroatoms. The van der Waals surface area contributed by atoms with E-state index in [9.17, 15) is 9.18 Å². The van der Waals surface area contributed by atoms with E-state index in [1.165, 1.54) is 6.07 Å². The van der Waals surface area contributed by atoms with Crippen LogP contribution in [0.2, 0.25) is 5.02 Å². The molecule has 1 amide bonds. The van der Waals surface area contributed by atoms with E-state index in [0.717, 1.165) is 13.1 Å². The minimum Gasteiger partial charge on any atom is -0.489 e. The molecule has 0 unspecified atom stereocenters. The SMILES string of the molecule is C[C@@H]1CN(c2nc(-c3ccccc3F)c(Cl)c3c2C(=O)N2CCNC[C@@H]2CO3)[C@@H](C)CN1C. The molecule has 2 aromatic rings. The van der Waals surface area contributed by atoms with E-state index in [1.54, 1.807) is 18.2 Å². The predicted octanol–water partition coefficient (Wildman–Crippen LogP) is 2.88. The van der Waals surface area contributed by atoms with Gasteiger partial charge in [-0.2, -0.15) is 0 Å². The lowest BCUT2D eigenvalue weighted by atomic mass is 10.0. The highest BCUT2D eigenvalue weighted by molar-refractivity contribution is 6.35. The Morgan fingerprint density at radius 2 is 1.97 bits per heavy atom. The summed E-state index contributed by atoms with van der Waals surface area (Å²) in [5, 5.41) is 3.50. The number of rotatable bonds is 2. The summed E-state index contributed by atoms with van der Waals surface area (Å²) in [6.45, 7) is 8.06. The van der Waals surface area contributed by atoms with Gasteiger partial charge in [0.25, 0.3) is 5.91 Å². The molecule has 0 saturated carbocycles. The number of nitrogens with zero attached hydrogens (tertiary/aromatic N) is 4. The van der Waals surface area contributed by atoms with E-state index in [4.69, 9.17) is 21.3 Å². The molecule has 33 heavy (non-hydrogen) atoms. The predicted molar refractivity (Wildman–Crippen MR) is 127 cm³/mol. The van der Waals surface area contributed by atoms with Gasteiger partial charge in [0.15, 0.2) is 5.75 Å². The quantitative estimate of drug-likeness (QED) is 0.723. The second-order valence-corrected chi connectivity index (χ2v) is 9.62. The van der Waals surface area contributed by atoms with Gasteiger partial charge in [-0.1, -0.05) is 23.7 Å². The van der Waals surface area contributed by atoms with Crippen LogP contribution in [0, 0.1) is 5.82 Å². The number of nitrogens with one attached hydrogen (secondary N) is 1. The number of hydrogen-bond donors (Lipinski definition) is 1. The number of carbonyl (C=O) groups excluding carboxylic acids is 1. The summed E-state index contributed by atoms with van der Waals surface area (Å²) in [7, 11) is 2.10. The maximum absolute atomic E-state index is 14.8. The minimum atomic E-state index is -0.417. The fraction of sp³-hybridized carbons (Fsp3) is 0.500. The van der Waals surface area contributed by atoms with Gasteiger partial charge < -0.3 is 19.9 Å². The highest BCUT2D eigenvalue weighted by Crippen LogP contribution is 2.44. The first-order chi connectivity index (χ1) is 15.9. The Bertz CT molecular complexity index is 1080. The van der Waals surface area contributed by atoms with Gasteiger partial charge in [0.1, 0.15) is 28.8 Å². The van der Waals surface area contributed by atoms with E-state index in [0.29, 0.717) is 54.6 Å². The van der Waals surface area contributed by atoms with E-state index in [1.807, 2.05) is 4.90 Å². The van der Waals surface area contributed by atoms with Gasteiger partial charge in [-0.25, -0.2) is 9.37 Å². The van der Waals surface area contributed by atoms with Crippen LogP contribution < -0.4 is 15.0 Å². The molecule has 2 fully saturated rings. The topological polar surface area (TPSA) is 60.9 Å². The van der Waals surface area contributed by atoms with Crippen LogP contribution in [0.1, 0.15) is 24.2 Å². The largest absolute Gasteiger partial charge is 0.489 e. The number of hydrogen-bond acceptors (Lipinski definition) is 6. The molecule has 3 aliphatic rings. The molecule has 0 aliphatic carbocycles. The summed E-state index contributed by atoms with van der Waals surface area (Å²) < 4.78 is 21.0. The van der Waals surface area contributed by atoms with Gasteiger partial charge in [-0.3, -0.25) is 9.69 Å². The fourth-order valence-electron chi connectivity index (χ4n) is 4.99. The van der Waals surface area contributed by atoms with Crippen molar-refractivity contribution in [2.45, 2.75) is 32.0 Å². The monoisotopic (exact) mass is 473 g/mol. The number of piperazine rings is 2. The van der Waals surface area contributed by atoms with Crippen LogP contribution in [0.3, 0.4) is 0 Å². The first-order valence-electron chi connectivity index (χ1n) is 11.5. The number of carbonyl (C=O) groups is 1. The van der Waals surface area contributed by atoms with E-state index in [-0.39, 0.29) is 29.1 Å². The Kier molecular flexibility index (Phi) is 5.93. The van der Waals surface area contributed by atoms with Crippen LogP contribution >= 0.6 is 11.6 Å². The highest BCUT2D eigenvalue weighted by atomic mass is 35.5. The Balaban J connectivity index is 1.72. The minimum absolute atomic E-state index is 0.0942.